The maximum atomic E-state index is 12.7. The lowest BCUT2D eigenvalue weighted by atomic mass is 10.1. The predicted octanol–water partition coefficient (Wildman–Crippen LogP) is 2.69. The van der Waals surface area contributed by atoms with Crippen LogP contribution < -0.4 is 10.8 Å². The second-order valence-corrected chi connectivity index (χ2v) is 7.98. The minimum Gasteiger partial charge on any atom is -0.459 e. The molecule has 1 heterocycles. The van der Waals surface area contributed by atoms with Crippen molar-refractivity contribution < 1.29 is 29.1 Å². The van der Waals surface area contributed by atoms with Crippen molar-refractivity contribution in [2.75, 3.05) is 0 Å². The van der Waals surface area contributed by atoms with Crippen molar-refractivity contribution in [3.8, 4) is 0 Å². The number of carbonyl (C=O) groups is 3. The van der Waals surface area contributed by atoms with Gasteiger partial charge in [-0.2, -0.15) is 0 Å². The summed E-state index contributed by atoms with van der Waals surface area (Å²) in [6.45, 7) is 7.01. The molecule has 0 unspecified atom stereocenters. The van der Waals surface area contributed by atoms with E-state index in [4.69, 9.17) is 14.7 Å². The topological polar surface area (TPSA) is 127 Å². The van der Waals surface area contributed by atoms with Gasteiger partial charge in [-0.1, -0.05) is 18.2 Å². The van der Waals surface area contributed by atoms with E-state index in [0.717, 1.165) is 5.56 Å². The molecule has 9 heteroatoms. The minimum absolute atomic E-state index is 0.0618. The first-order chi connectivity index (χ1) is 14.6. The van der Waals surface area contributed by atoms with Crippen LogP contribution in [0.5, 0.6) is 0 Å². The maximum Gasteiger partial charge on any atom is 0.408 e. The molecule has 0 aliphatic heterocycles. The number of carbonyl (C=O) groups excluding carboxylic acids is 3. The van der Waals surface area contributed by atoms with Gasteiger partial charge < -0.3 is 14.8 Å². The molecule has 0 bridgehead atoms. The molecular weight excluding hydrogens is 402 g/mol. The Morgan fingerprint density at radius 2 is 1.77 bits per heavy atom. The molecule has 2 aromatic rings. The van der Waals surface area contributed by atoms with E-state index in [1.54, 1.807) is 50.6 Å². The largest absolute Gasteiger partial charge is 0.459 e. The van der Waals surface area contributed by atoms with Crippen molar-refractivity contribution in [1.82, 2.24) is 15.8 Å². The van der Waals surface area contributed by atoms with Gasteiger partial charge in [0.1, 0.15) is 18.2 Å². The van der Waals surface area contributed by atoms with Gasteiger partial charge in [-0.05, 0) is 57.0 Å². The Labute approximate surface area is 180 Å². The van der Waals surface area contributed by atoms with Crippen molar-refractivity contribution in [3.63, 3.8) is 0 Å². The van der Waals surface area contributed by atoms with Crippen LogP contribution in [-0.2, 0) is 27.3 Å². The molecule has 0 fully saturated rings. The average molecular weight is 429 g/mol. The Balaban J connectivity index is 2.06. The van der Waals surface area contributed by atoms with Gasteiger partial charge in [0.25, 0.3) is 5.91 Å². The number of hydrogen-bond donors (Lipinski definition) is 3. The van der Waals surface area contributed by atoms with Gasteiger partial charge in [0.15, 0.2) is 0 Å². The summed E-state index contributed by atoms with van der Waals surface area (Å²) in [6.07, 6.45) is 1.07. The molecule has 0 aliphatic rings. The number of amides is 2. The van der Waals surface area contributed by atoms with E-state index in [9.17, 15) is 14.4 Å². The van der Waals surface area contributed by atoms with Crippen molar-refractivity contribution in [3.05, 3.63) is 65.0 Å². The number of rotatable bonds is 7. The number of benzene rings is 1. The summed E-state index contributed by atoms with van der Waals surface area (Å²) in [7, 11) is 0. The van der Waals surface area contributed by atoms with E-state index in [0.29, 0.717) is 11.3 Å². The van der Waals surface area contributed by atoms with Crippen LogP contribution in [0.15, 0.2) is 42.6 Å². The van der Waals surface area contributed by atoms with Gasteiger partial charge in [-0.3, -0.25) is 15.0 Å². The highest BCUT2D eigenvalue weighted by molar-refractivity contribution is 5.93. The number of ether oxygens (including phenoxy) is 2. The van der Waals surface area contributed by atoms with Crippen LogP contribution >= 0.6 is 0 Å². The quantitative estimate of drug-likeness (QED) is 0.351. The molecule has 0 saturated heterocycles. The Hall–Kier alpha value is -3.46. The van der Waals surface area contributed by atoms with E-state index < -0.39 is 29.6 Å². The molecule has 0 spiro atoms. The molecule has 2 rings (SSSR count). The lowest BCUT2D eigenvalue weighted by Crippen LogP contribution is -2.45. The van der Waals surface area contributed by atoms with Crippen LogP contribution in [-0.4, -0.2) is 39.8 Å². The third kappa shape index (κ3) is 8.06. The third-order valence-electron chi connectivity index (χ3n) is 4.06. The number of nitrogens with one attached hydrogen (secondary N) is 2. The molecule has 0 aliphatic carbocycles. The molecule has 0 saturated carbocycles. The number of pyridine rings is 1. The predicted molar refractivity (Wildman–Crippen MR) is 111 cm³/mol. The van der Waals surface area contributed by atoms with Gasteiger partial charge in [0, 0.05) is 23.9 Å². The fourth-order valence-electron chi connectivity index (χ4n) is 2.54. The summed E-state index contributed by atoms with van der Waals surface area (Å²) in [4.78, 5) is 40.5. The van der Waals surface area contributed by atoms with Gasteiger partial charge in [-0.15, -0.1) is 0 Å². The van der Waals surface area contributed by atoms with Gasteiger partial charge in [0.05, 0.1) is 0 Å². The summed E-state index contributed by atoms with van der Waals surface area (Å²) < 4.78 is 10.6. The molecule has 166 valence electrons. The van der Waals surface area contributed by atoms with E-state index >= 15 is 0 Å². The van der Waals surface area contributed by atoms with Gasteiger partial charge >= 0.3 is 12.1 Å². The fraction of sp³-hybridized carbons (Fsp3) is 0.364. The van der Waals surface area contributed by atoms with Crippen molar-refractivity contribution in [2.45, 2.75) is 52.4 Å². The molecule has 1 atom stereocenters. The van der Waals surface area contributed by atoms with E-state index in [1.165, 1.54) is 12.1 Å². The molecule has 1 aromatic carbocycles. The third-order valence-corrected chi connectivity index (χ3v) is 4.06. The van der Waals surface area contributed by atoms with Crippen LogP contribution in [0.4, 0.5) is 4.79 Å². The molecule has 31 heavy (non-hydrogen) atoms. The standard InChI is InChI=1S/C22H27N3O6/c1-14-5-10-17(23-12-14)11-18(24-21(28)31-22(2,3)4)20(27)30-13-15-6-8-16(9-7-15)19(26)25-29/h5-10,12,18,29H,11,13H2,1-4H3,(H,24,28)(H,25,26)/t18-/m1/s1. The lowest BCUT2D eigenvalue weighted by Gasteiger charge is -2.23. The zero-order valence-electron chi connectivity index (χ0n) is 18.0. The smallest absolute Gasteiger partial charge is 0.408 e. The maximum absolute atomic E-state index is 12.7. The highest BCUT2D eigenvalue weighted by atomic mass is 16.6. The molecule has 3 N–H and O–H groups in total. The molecule has 9 nitrogen and oxygen atoms in total. The van der Waals surface area contributed by atoms with Crippen molar-refractivity contribution in [2.24, 2.45) is 0 Å². The Kier molecular flexibility index (Phi) is 8.09. The Bertz CT molecular complexity index is 904. The molecule has 1 aromatic heterocycles. The summed E-state index contributed by atoms with van der Waals surface area (Å²) in [5, 5.41) is 11.2. The van der Waals surface area contributed by atoms with Crippen LogP contribution in [0.2, 0.25) is 0 Å². The average Bonchev–Trinajstić information content (AvgIpc) is 2.71. The first kappa shape index (κ1) is 23.8. The number of aryl methyl sites for hydroxylation is 1. The minimum atomic E-state index is -0.996. The number of hydroxylamine groups is 1. The monoisotopic (exact) mass is 429 g/mol. The highest BCUT2D eigenvalue weighted by Crippen LogP contribution is 2.11. The zero-order valence-corrected chi connectivity index (χ0v) is 18.0. The summed E-state index contributed by atoms with van der Waals surface area (Å²) >= 11 is 0. The van der Waals surface area contributed by atoms with E-state index in [-0.39, 0.29) is 18.6 Å². The molecule has 0 radical (unpaired) electrons. The summed E-state index contributed by atoms with van der Waals surface area (Å²) in [5.41, 5.74) is 3.30. The molecule has 2 amide bonds. The Morgan fingerprint density at radius 1 is 1.10 bits per heavy atom. The normalized spacial score (nSPS) is 11.9. The number of alkyl carbamates (subject to hydrolysis) is 1. The summed E-state index contributed by atoms with van der Waals surface area (Å²) in [5.74, 6) is -1.29. The van der Waals surface area contributed by atoms with Crippen molar-refractivity contribution >= 4 is 18.0 Å². The van der Waals surface area contributed by atoms with Crippen LogP contribution in [0, 0.1) is 6.92 Å². The fourth-order valence-corrected chi connectivity index (χ4v) is 2.54. The van der Waals surface area contributed by atoms with Crippen LogP contribution in [0.1, 0.15) is 48.0 Å². The van der Waals surface area contributed by atoms with Crippen molar-refractivity contribution in [1.29, 1.82) is 0 Å². The van der Waals surface area contributed by atoms with Crippen LogP contribution in [0.3, 0.4) is 0 Å². The SMILES string of the molecule is Cc1ccc(C[C@@H](NC(=O)OC(C)(C)C)C(=O)OCc2ccc(C(=O)NO)cc2)nc1. The first-order valence-electron chi connectivity index (χ1n) is 9.68. The number of esters is 1. The summed E-state index contributed by atoms with van der Waals surface area (Å²) in [6, 6.07) is 8.80. The number of hydrogen-bond acceptors (Lipinski definition) is 7. The van der Waals surface area contributed by atoms with Gasteiger partial charge in [0.2, 0.25) is 0 Å². The second kappa shape index (κ2) is 10.5. The second-order valence-electron chi connectivity index (χ2n) is 7.98. The first-order valence-corrected chi connectivity index (χ1v) is 9.68. The van der Waals surface area contributed by atoms with E-state index in [2.05, 4.69) is 10.3 Å². The molecular formula is C22H27N3O6. The number of nitrogens with zero attached hydrogens (tertiary/aromatic N) is 1. The Morgan fingerprint density at radius 3 is 2.32 bits per heavy atom. The van der Waals surface area contributed by atoms with Gasteiger partial charge in [-0.25, -0.2) is 15.1 Å². The highest BCUT2D eigenvalue weighted by Gasteiger charge is 2.26. The number of aromatic nitrogens is 1. The van der Waals surface area contributed by atoms with Crippen LogP contribution in [0.25, 0.3) is 0 Å². The zero-order chi connectivity index (χ0) is 23.0. The van der Waals surface area contributed by atoms with E-state index in [1.807, 2.05) is 13.0 Å². The lowest BCUT2D eigenvalue weighted by molar-refractivity contribution is -0.147.